The number of alkyl halides is 3. The number of hydrogen-bond acceptors (Lipinski definition) is 2. The molecule has 0 aromatic heterocycles. The second-order valence-electron chi connectivity index (χ2n) is 5.18. The van der Waals surface area contributed by atoms with Gasteiger partial charge in [0.2, 0.25) is 0 Å². The maximum absolute atomic E-state index is 13.2. The predicted octanol–water partition coefficient (Wildman–Crippen LogP) is 4.04. The van der Waals surface area contributed by atoms with Crippen LogP contribution in [0.1, 0.15) is 25.8 Å². The minimum atomic E-state index is -4.34. The molecule has 1 aromatic rings. The molecule has 20 heavy (non-hydrogen) atoms. The van der Waals surface area contributed by atoms with Gasteiger partial charge in [0.15, 0.2) is 0 Å². The molecule has 1 N–H and O–H groups in total. The summed E-state index contributed by atoms with van der Waals surface area (Å²) in [7, 11) is 0. The third kappa shape index (κ3) is 3.28. The molecule has 0 radical (unpaired) electrons. The Morgan fingerprint density at radius 2 is 2.10 bits per heavy atom. The lowest BCUT2D eigenvalue weighted by atomic mass is 10.0. The van der Waals surface area contributed by atoms with Crippen molar-refractivity contribution in [3.05, 3.63) is 28.2 Å². The highest BCUT2D eigenvalue weighted by molar-refractivity contribution is 9.10. The molecule has 1 aromatic carbocycles. The van der Waals surface area contributed by atoms with Crippen molar-refractivity contribution < 1.29 is 13.2 Å². The summed E-state index contributed by atoms with van der Waals surface area (Å²) in [6, 6.07) is 4.67. The molecule has 1 fully saturated rings. The number of nitrogens with one attached hydrogen (secondary N) is 1. The zero-order valence-corrected chi connectivity index (χ0v) is 13.1. The van der Waals surface area contributed by atoms with Crippen LogP contribution in [0.15, 0.2) is 22.7 Å². The van der Waals surface area contributed by atoms with Gasteiger partial charge in [-0.2, -0.15) is 13.2 Å². The summed E-state index contributed by atoms with van der Waals surface area (Å²) in [5, 5.41) is 3.32. The summed E-state index contributed by atoms with van der Waals surface area (Å²) in [5.41, 5.74) is -0.291. The third-order valence-electron chi connectivity index (χ3n) is 3.66. The fraction of sp³-hybridized carbons (Fsp3) is 0.571. The molecular weight excluding hydrogens is 333 g/mol. The van der Waals surface area contributed by atoms with Crippen molar-refractivity contribution in [2.24, 2.45) is 0 Å². The van der Waals surface area contributed by atoms with Gasteiger partial charge in [0.1, 0.15) is 0 Å². The molecule has 2 rings (SSSR count). The summed E-state index contributed by atoms with van der Waals surface area (Å²) < 4.78 is 40.2. The lowest BCUT2D eigenvalue weighted by Crippen LogP contribution is -2.55. The highest BCUT2D eigenvalue weighted by Crippen LogP contribution is 2.39. The first kappa shape index (κ1) is 15.6. The van der Waals surface area contributed by atoms with Gasteiger partial charge in [0, 0.05) is 35.3 Å². The Balaban J connectivity index is 2.44. The Hall–Kier alpha value is -0.750. The molecule has 112 valence electrons. The van der Waals surface area contributed by atoms with Crippen molar-refractivity contribution in [3.63, 3.8) is 0 Å². The Bertz CT molecular complexity index is 476. The smallest absolute Gasteiger partial charge is 0.365 e. The van der Waals surface area contributed by atoms with Gasteiger partial charge >= 0.3 is 6.18 Å². The second kappa shape index (κ2) is 5.93. The minimum Gasteiger partial charge on any atom is -0.365 e. The molecule has 1 aliphatic rings. The number of piperazine rings is 1. The normalized spacial score (nSPS) is 24.0. The molecular formula is C14H18BrF3N2. The molecule has 1 heterocycles. The van der Waals surface area contributed by atoms with E-state index in [0.717, 1.165) is 12.5 Å². The molecule has 2 nitrogen and oxygen atoms in total. The SMILES string of the molecule is CCC1CNC(C)CN1c1ccc(Br)cc1C(F)(F)F. The van der Waals surface area contributed by atoms with Crippen LogP contribution in [0.25, 0.3) is 0 Å². The van der Waals surface area contributed by atoms with Gasteiger partial charge in [-0.3, -0.25) is 0 Å². The molecule has 2 unspecified atom stereocenters. The summed E-state index contributed by atoms with van der Waals surface area (Å²) in [5.74, 6) is 0. The maximum atomic E-state index is 13.2. The van der Waals surface area contributed by atoms with Crippen molar-refractivity contribution >= 4 is 21.6 Å². The molecule has 1 aliphatic heterocycles. The lowest BCUT2D eigenvalue weighted by molar-refractivity contribution is -0.137. The van der Waals surface area contributed by atoms with Crippen molar-refractivity contribution in [2.75, 3.05) is 18.0 Å². The summed E-state index contributed by atoms with van der Waals surface area (Å²) in [6.07, 6.45) is -3.53. The van der Waals surface area contributed by atoms with Gasteiger partial charge in [0.05, 0.1) is 5.56 Å². The van der Waals surface area contributed by atoms with Gasteiger partial charge in [-0.1, -0.05) is 22.9 Å². The van der Waals surface area contributed by atoms with E-state index in [-0.39, 0.29) is 17.8 Å². The van der Waals surface area contributed by atoms with Crippen LogP contribution in [0.5, 0.6) is 0 Å². The van der Waals surface area contributed by atoms with E-state index < -0.39 is 11.7 Å². The van der Waals surface area contributed by atoms with Crippen molar-refractivity contribution in [2.45, 2.75) is 38.5 Å². The Morgan fingerprint density at radius 1 is 1.40 bits per heavy atom. The topological polar surface area (TPSA) is 15.3 Å². The second-order valence-corrected chi connectivity index (χ2v) is 6.10. The van der Waals surface area contributed by atoms with Crippen LogP contribution in [-0.2, 0) is 6.18 Å². The molecule has 0 bridgehead atoms. The van der Waals surface area contributed by atoms with Crippen LogP contribution < -0.4 is 10.2 Å². The monoisotopic (exact) mass is 350 g/mol. The van der Waals surface area contributed by atoms with Gasteiger partial charge in [-0.15, -0.1) is 0 Å². The number of halogens is 4. The van der Waals surface area contributed by atoms with E-state index in [2.05, 4.69) is 21.2 Å². The molecule has 0 amide bonds. The first-order valence-corrected chi connectivity index (χ1v) is 7.49. The number of rotatable bonds is 2. The first-order chi connectivity index (χ1) is 9.32. The summed E-state index contributed by atoms with van der Waals surface area (Å²) in [6.45, 7) is 5.29. The highest BCUT2D eigenvalue weighted by Gasteiger charge is 2.37. The van der Waals surface area contributed by atoms with E-state index in [1.807, 2.05) is 18.7 Å². The number of benzene rings is 1. The van der Waals surface area contributed by atoms with E-state index in [0.29, 0.717) is 17.6 Å². The lowest BCUT2D eigenvalue weighted by Gasteiger charge is -2.41. The standard InChI is InChI=1S/C14H18BrF3N2/c1-3-11-7-19-9(2)8-20(11)13-5-4-10(15)6-12(13)14(16,17)18/h4-6,9,11,19H,3,7-8H2,1-2H3. The highest BCUT2D eigenvalue weighted by atomic mass is 79.9. The van der Waals surface area contributed by atoms with E-state index in [1.165, 1.54) is 0 Å². The Kier molecular flexibility index (Phi) is 4.64. The average Bonchev–Trinajstić information content (AvgIpc) is 2.37. The van der Waals surface area contributed by atoms with Gasteiger partial charge in [-0.05, 0) is 31.5 Å². The van der Waals surface area contributed by atoms with Crippen LogP contribution in [0.2, 0.25) is 0 Å². The summed E-state index contributed by atoms with van der Waals surface area (Å²) >= 11 is 3.13. The number of nitrogens with zero attached hydrogens (tertiary/aromatic N) is 1. The maximum Gasteiger partial charge on any atom is 0.418 e. The minimum absolute atomic E-state index is 0.0912. The number of anilines is 1. The molecule has 0 aliphatic carbocycles. The third-order valence-corrected chi connectivity index (χ3v) is 4.15. The van der Waals surface area contributed by atoms with Crippen LogP contribution in [0, 0.1) is 0 Å². The zero-order chi connectivity index (χ0) is 14.9. The van der Waals surface area contributed by atoms with Crippen LogP contribution in [0.3, 0.4) is 0 Å². The van der Waals surface area contributed by atoms with Gasteiger partial charge < -0.3 is 10.2 Å². The zero-order valence-electron chi connectivity index (χ0n) is 11.5. The number of hydrogen-bond donors (Lipinski definition) is 1. The Morgan fingerprint density at radius 3 is 2.70 bits per heavy atom. The van der Waals surface area contributed by atoms with E-state index in [4.69, 9.17) is 0 Å². The van der Waals surface area contributed by atoms with E-state index in [1.54, 1.807) is 12.1 Å². The Labute approximate surface area is 125 Å². The van der Waals surface area contributed by atoms with Crippen LogP contribution >= 0.6 is 15.9 Å². The summed E-state index contributed by atoms with van der Waals surface area (Å²) in [4.78, 5) is 1.89. The van der Waals surface area contributed by atoms with E-state index in [9.17, 15) is 13.2 Å². The van der Waals surface area contributed by atoms with Gasteiger partial charge in [-0.25, -0.2) is 0 Å². The van der Waals surface area contributed by atoms with Crippen molar-refractivity contribution in [1.29, 1.82) is 0 Å². The fourth-order valence-electron chi connectivity index (χ4n) is 2.60. The van der Waals surface area contributed by atoms with Crippen LogP contribution in [-0.4, -0.2) is 25.2 Å². The molecule has 1 saturated heterocycles. The molecule has 6 heteroatoms. The van der Waals surface area contributed by atoms with Crippen molar-refractivity contribution in [1.82, 2.24) is 5.32 Å². The predicted molar refractivity (Wildman–Crippen MR) is 78.0 cm³/mol. The largest absolute Gasteiger partial charge is 0.418 e. The fourth-order valence-corrected chi connectivity index (χ4v) is 2.96. The average molecular weight is 351 g/mol. The first-order valence-electron chi connectivity index (χ1n) is 6.69. The van der Waals surface area contributed by atoms with Crippen LogP contribution in [0.4, 0.5) is 18.9 Å². The van der Waals surface area contributed by atoms with Gasteiger partial charge in [0.25, 0.3) is 0 Å². The molecule has 0 spiro atoms. The molecule has 2 atom stereocenters. The molecule has 0 saturated carbocycles. The van der Waals surface area contributed by atoms with Crippen molar-refractivity contribution in [3.8, 4) is 0 Å². The van der Waals surface area contributed by atoms with E-state index >= 15 is 0 Å². The quantitative estimate of drug-likeness (QED) is 0.865.